The number of rotatable bonds is 8. The number of para-hydroxylation sites is 2. The van der Waals surface area contributed by atoms with Crippen molar-refractivity contribution in [2.24, 2.45) is 0 Å². The Balaban J connectivity index is 1.46. The number of hydrogen-bond acceptors (Lipinski definition) is 5. The maximum atomic E-state index is 12.5. The van der Waals surface area contributed by atoms with E-state index in [2.05, 4.69) is 5.32 Å². The van der Waals surface area contributed by atoms with Crippen molar-refractivity contribution in [1.82, 2.24) is 5.32 Å². The van der Waals surface area contributed by atoms with Gasteiger partial charge in [0.15, 0.2) is 18.9 Å². The maximum absolute atomic E-state index is 12.5. The van der Waals surface area contributed by atoms with E-state index >= 15 is 0 Å². The van der Waals surface area contributed by atoms with Gasteiger partial charge in [0.25, 0.3) is 0 Å². The van der Waals surface area contributed by atoms with Crippen LogP contribution in [0.1, 0.15) is 33.7 Å². The third-order valence-corrected chi connectivity index (χ3v) is 6.18. The number of ether oxygens (including phenoxy) is 3. The molecule has 0 heterocycles. The second kappa shape index (κ2) is 11.0. The molecule has 0 aliphatic heterocycles. The van der Waals surface area contributed by atoms with E-state index in [0.717, 1.165) is 11.1 Å². The Kier molecular flexibility index (Phi) is 7.20. The molecule has 1 N–H and O–H groups in total. The van der Waals surface area contributed by atoms with Crippen molar-refractivity contribution >= 4 is 17.6 Å². The fourth-order valence-electron chi connectivity index (χ4n) is 4.07. The molecule has 0 saturated heterocycles. The molecule has 5 rings (SSSR count). The fraction of sp³-hybridized carbons (Fsp3) is 0.100. The van der Waals surface area contributed by atoms with Gasteiger partial charge in [-0.15, -0.1) is 0 Å². The topological polar surface area (TPSA) is 56.8 Å². The predicted octanol–water partition coefficient (Wildman–Crippen LogP) is 6.79. The lowest BCUT2D eigenvalue weighted by atomic mass is 9.89. The molecule has 0 bridgehead atoms. The highest BCUT2D eigenvalue weighted by Gasteiger charge is 2.36. The summed E-state index contributed by atoms with van der Waals surface area (Å²) in [4.78, 5) is 12.5. The third-order valence-electron chi connectivity index (χ3n) is 5.78. The van der Waals surface area contributed by atoms with Crippen molar-refractivity contribution in [3.8, 4) is 11.5 Å². The first-order chi connectivity index (χ1) is 17.7. The van der Waals surface area contributed by atoms with Gasteiger partial charge in [-0.2, -0.15) is 0 Å². The summed E-state index contributed by atoms with van der Waals surface area (Å²) in [7, 11) is 0. The monoisotopic (exact) mass is 497 g/mol. The zero-order valence-corrected chi connectivity index (χ0v) is 20.1. The summed E-state index contributed by atoms with van der Waals surface area (Å²) in [6.07, 6.45) is -1.12. The van der Waals surface area contributed by atoms with Crippen molar-refractivity contribution in [2.45, 2.75) is 12.2 Å². The highest BCUT2D eigenvalue weighted by atomic mass is 35.5. The van der Waals surface area contributed by atoms with Crippen LogP contribution >= 0.6 is 11.6 Å². The van der Waals surface area contributed by atoms with E-state index in [4.69, 9.17) is 25.8 Å². The smallest absolute Gasteiger partial charge is 0.339 e. The minimum Gasteiger partial charge on any atom is -0.480 e. The zero-order valence-electron chi connectivity index (χ0n) is 19.3. The Morgan fingerprint density at radius 3 is 1.72 bits per heavy atom. The van der Waals surface area contributed by atoms with Crippen molar-refractivity contribution < 1.29 is 19.0 Å². The number of carbonyl (C=O) groups is 1. The van der Waals surface area contributed by atoms with Gasteiger partial charge in [-0.1, -0.05) is 90.5 Å². The number of hydrogen-bond donors (Lipinski definition) is 1. The Labute approximate surface area is 214 Å². The first-order valence-corrected chi connectivity index (χ1v) is 12.0. The largest absolute Gasteiger partial charge is 0.480 e. The lowest BCUT2D eigenvalue weighted by Gasteiger charge is -2.34. The Morgan fingerprint density at radius 2 is 1.14 bits per heavy atom. The number of nitrogens with one attached hydrogen (secondary N) is 1. The summed E-state index contributed by atoms with van der Waals surface area (Å²) >= 11 is 6.99. The number of halogens is 1. The first-order valence-electron chi connectivity index (χ1n) is 11.6. The van der Waals surface area contributed by atoms with Gasteiger partial charge < -0.3 is 19.5 Å². The third kappa shape index (κ3) is 5.21. The van der Waals surface area contributed by atoms with E-state index in [1.165, 1.54) is 0 Å². The Morgan fingerprint density at radius 1 is 0.667 bits per heavy atom. The molecule has 2 atom stereocenters. The van der Waals surface area contributed by atoms with Gasteiger partial charge >= 0.3 is 5.97 Å². The first kappa shape index (κ1) is 23.5. The van der Waals surface area contributed by atoms with Gasteiger partial charge in [-0.05, 0) is 36.4 Å². The van der Waals surface area contributed by atoms with Gasteiger partial charge in [0, 0.05) is 11.1 Å². The second-order valence-electron chi connectivity index (χ2n) is 8.13. The van der Waals surface area contributed by atoms with E-state index in [-0.39, 0.29) is 6.73 Å². The Bertz CT molecular complexity index is 1340. The molecule has 5 nitrogen and oxygen atoms in total. The normalized spacial score (nSPS) is 16.6. The molecule has 6 heteroatoms. The summed E-state index contributed by atoms with van der Waals surface area (Å²) in [5.74, 6) is 0.936. The van der Waals surface area contributed by atoms with Gasteiger partial charge in [0.1, 0.15) is 11.5 Å². The minimum absolute atomic E-state index is 0.0891. The zero-order chi connectivity index (χ0) is 24.7. The van der Waals surface area contributed by atoms with Crippen LogP contribution in [0.25, 0.3) is 0 Å². The van der Waals surface area contributed by atoms with Crippen LogP contribution in [0.15, 0.2) is 126 Å². The molecule has 0 radical (unpaired) electrons. The molecule has 0 fully saturated rings. The van der Waals surface area contributed by atoms with Crippen LogP contribution in [-0.4, -0.2) is 12.7 Å². The number of carbonyl (C=O) groups excluding carboxylic acids is 1. The predicted molar refractivity (Wildman–Crippen MR) is 139 cm³/mol. The molecule has 0 spiro atoms. The minimum atomic E-state index is -0.562. The van der Waals surface area contributed by atoms with Crippen molar-refractivity contribution in [1.29, 1.82) is 0 Å². The number of fused-ring (bicyclic) bond motifs is 1. The van der Waals surface area contributed by atoms with Gasteiger partial charge in [-0.3, -0.25) is 0 Å². The van der Waals surface area contributed by atoms with Crippen LogP contribution in [-0.2, 0) is 4.74 Å². The van der Waals surface area contributed by atoms with Crippen LogP contribution in [0.5, 0.6) is 11.5 Å². The molecule has 1 aliphatic rings. The van der Waals surface area contributed by atoms with Crippen molar-refractivity contribution in [2.75, 3.05) is 6.73 Å². The highest BCUT2D eigenvalue weighted by Crippen LogP contribution is 2.45. The standard InChI is InChI=1S/C30H24ClNO4/c31-26-27(32-20-34-30(33)21-12-4-1-5-13-21)29(36-23-16-8-3-9-17-23)25-19-11-10-18-24(25)28(26)35-22-14-6-2-7-15-22/h1-19,28-29,32H,20H2. The molecule has 4 aromatic rings. The van der Waals surface area contributed by atoms with Crippen LogP contribution < -0.4 is 14.8 Å². The summed E-state index contributed by atoms with van der Waals surface area (Å²) in [5, 5.41) is 3.62. The molecule has 0 amide bonds. The molecule has 180 valence electrons. The highest BCUT2D eigenvalue weighted by molar-refractivity contribution is 6.30. The summed E-state index contributed by atoms with van der Waals surface area (Å²) in [5.41, 5.74) is 2.85. The van der Waals surface area contributed by atoms with Gasteiger partial charge in [0.05, 0.1) is 16.3 Å². The Hall–Kier alpha value is -4.22. The molecule has 0 saturated carbocycles. The van der Waals surface area contributed by atoms with Crippen LogP contribution in [0.2, 0.25) is 0 Å². The maximum Gasteiger partial charge on any atom is 0.339 e. The number of benzene rings is 4. The lowest BCUT2D eigenvalue weighted by molar-refractivity contribution is 0.0472. The van der Waals surface area contributed by atoms with E-state index < -0.39 is 18.2 Å². The molecular formula is C30H24ClNO4. The fourth-order valence-corrected chi connectivity index (χ4v) is 4.40. The SMILES string of the molecule is O=C(OCNC1=C(Cl)C(Oc2ccccc2)c2ccccc2C1Oc1ccccc1)c1ccccc1. The lowest BCUT2D eigenvalue weighted by Crippen LogP contribution is -2.33. The van der Waals surface area contributed by atoms with Crippen molar-refractivity contribution in [3.63, 3.8) is 0 Å². The molecule has 0 aromatic heterocycles. The summed E-state index contributed by atoms with van der Waals surface area (Å²) in [6.45, 7) is -0.0891. The second-order valence-corrected chi connectivity index (χ2v) is 8.54. The molecule has 36 heavy (non-hydrogen) atoms. The van der Waals surface area contributed by atoms with Crippen molar-refractivity contribution in [3.05, 3.63) is 143 Å². The average molecular weight is 498 g/mol. The van der Waals surface area contributed by atoms with Crippen LogP contribution in [0.3, 0.4) is 0 Å². The van der Waals surface area contributed by atoms with Crippen LogP contribution in [0.4, 0.5) is 0 Å². The van der Waals surface area contributed by atoms with E-state index in [0.29, 0.717) is 27.8 Å². The number of esters is 1. The van der Waals surface area contributed by atoms with E-state index in [9.17, 15) is 4.79 Å². The molecule has 1 aliphatic carbocycles. The molecular weight excluding hydrogens is 474 g/mol. The summed E-state index contributed by atoms with van der Waals surface area (Å²) in [6, 6.07) is 35.7. The average Bonchev–Trinajstić information content (AvgIpc) is 2.94. The summed E-state index contributed by atoms with van der Waals surface area (Å²) < 4.78 is 18.2. The quantitative estimate of drug-likeness (QED) is 0.214. The van der Waals surface area contributed by atoms with E-state index in [1.807, 2.05) is 91.0 Å². The molecule has 2 unspecified atom stereocenters. The van der Waals surface area contributed by atoms with Gasteiger partial charge in [-0.25, -0.2) is 4.79 Å². The van der Waals surface area contributed by atoms with Crippen LogP contribution in [0, 0.1) is 0 Å². The molecule has 4 aromatic carbocycles. The van der Waals surface area contributed by atoms with E-state index in [1.54, 1.807) is 24.3 Å². The van der Waals surface area contributed by atoms with Gasteiger partial charge in [0.2, 0.25) is 0 Å².